The first-order chi connectivity index (χ1) is 8.45. The Morgan fingerprint density at radius 2 is 2.17 bits per heavy atom. The molecular formula is C12H21N3O3. The summed E-state index contributed by atoms with van der Waals surface area (Å²) in [6.45, 7) is 8.40. The fraction of sp³-hybridized carbons (Fsp3) is 0.667. The van der Waals surface area contributed by atoms with Crippen molar-refractivity contribution in [1.29, 1.82) is 0 Å². The maximum Gasteiger partial charge on any atom is 0.328 e. The molecule has 0 aromatic carbocycles. The maximum atomic E-state index is 11.7. The molecule has 1 unspecified atom stereocenters. The molecule has 0 aliphatic rings. The number of carbonyl (C=O) groups is 1. The summed E-state index contributed by atoms with van der Waals surface area (Å²) in [5, 5.41) is 4.18. The summed E-state index contributed by atoms with van der Waals surface area (Å²) in [6.07, 6.45) is -0.258. The van der Waals surface area contributed by atoms with Gasteiger partial charge >= 0.3 is 5.97 Å². The molecule has 18 heavy (non-hydrogen) atoms. The van der Waals surface area contributed by atoms with Gasteiger partial charge in [0.1, 0.15) is 12.6 Å². The van der Waals surface area contributed by atoms with Gasteiger partial charge in [-0.3, -0.25) is 9.48 Å². The molecule has 0 aliphatic carbocycles. The Balaban J connectivity index is 2.51. The van der Waals surface area contributed by atoms with Crippen molar-refractivity contribution in [1.82, 2.24) is 9.78 Å². The molecule has 0 amide bonds. The molecule has 1 atom stereocenters. The molecule has 1 aromatic heterocycles. The van der Waals surface area contributed by atoms with Crippen LogP contribution in [0, 0.1) is 13.8 Å². The Kier molecular flexibility index (Phi) is 5.15. The zero-order valence-corrected chi connectivity index (χ0v) is 11.4. The highest BCUT2D eigenvalue weighted by Crippen LogP contribution is 2.14. The average Bonchev–Trinajstić information content (AvgIpc) is 2.54. The smallest absolute Gasteiger partial charge is 0.328 e. The van der Waals surface area contributed by atoms with E-state index < -0.39 is 0 Å². The second-order valence-electron chi connectivity index (χ2n) is 4.20. The topological polar surface area (TPSA) is 79.4 Å². The number of ether oxygens (including phenoxy) is 2. The van der Waals surface area contributed by atoms with E-state index in [0.717, 1.165) is 11.4 Å². The van der Waals surface area contributed by atoms with Gasteiger partial charge in [-0.2, -0.15) is 5.10 Å². The molecule has 0 aliphatic heterocycles. The van der Waals surface area contributed by atoms with Crippen LogP contribution in [0.2, 0.25) is 0 Å². The van der Waals surface area contributed by atoms with E-state index in [4.69, 9.17) is 15.2 Å². The maximum absolute atomic E-state index is 11.7. The summed E-state index contributed by atoms with van der Waals surface area (Å²) < 4.78 is 11.9. The number of aryl methyl sites for hydroxylation is 1. The van der Waals surface area contributed by atoms with Gasteiger partial charge in [0.25, 0.3) is 0 Å². The Bertz CT molecular complexity index is 415. The molecule has 0 fully saturated rings. The van der Waals surface area contributed by atoms with Gasteiger partial charge in [-0.1, -0.05) is 0 Å². The van der Waals surface area contributed by atoms with Gasteiger partial charge in [-0.15, -0.1) is 0 Å². The van der Waals surface area contributed by atoms with Crippen LogP contribution in [-0.4, -0.2) is 35.1 Å². The van der Waals surface area contributed by atoms with Gasteiger partial charge < -0.3 is 15.2 Å². The Hall–Kier alpha value is -1.56. The minimum Gasteiger partial charge on any atom is -0.459 e. The third kappa shape index (κ3) is 3.73. The molecule has 1 aromatic rings. The lowest BCUT2D eigenvalue weighted by Crippen LogP contribution is -2.24. The van der Waals surface area contributed by atoms with E-state index in [9.17, 15) is 4.79 Å². The molecule has 2 N–H and O–H groups in total. The van der Waals surface area contributed by atoms with Crippen LogP contribution < -0.4 is 5.73 Å². The van der Waals surface area contributed by atoms with Crippen molar-refractivity contribution < 1.29 is 14.3 Å². The minimum absolute atomic E-state index is 0.0698. The van der Waals surface area contributed by atoms with E-state index in [2.05, 4.69) is 5.10 Å². The quantitative estimate of drug-likeness (QED) is 0.769. The summed E-state index contributed by atoms with van der Waals surface area (Å²) in [5.74, 6) is -0.340. The molecule has 0 bridgehead atoms. The van der Waals surface area contributed by atoms with Gasteiger partial charge in [-0.25, -0.2) is 0 Å². The Morgan fingerprint density at radius 1 is 1.50 bits per heavy atom. The lowest BCUT2D eigenvalue weighted by molar-refractivity contribution is -0.151. The fourth-order valence-electron chi connectivity index (χ4n) is 1.57. The van der Waals surface area contributed by atoms with Crippen molar-refractivity contribution in [2.45, 2.75) is 40.3 Å². The number of nitrogen functional groups attached to an aromatic ring is 1. The molecule has 6 heteroatoms. The number of nitrogens with zero attached hydrogens (tertiary/aromatic N) is 2. The Labute approximate surface area is 107 Å². The molecule has 0 radical (unpaired) electrons. The highest BCUT2D eigenvalue weighted by molar-refractivity contribution is 5.69. The number of aromatic nitrogens is 2. The number of nitrogens with two attached hydrogens (primary N) is 1. The first kappa shape index (κ1) is 14.5. The lowest BCUT2D eigenvalue weighted by Gasteiger charge is -2.13. The Morgan fingerprint density at radius 3 is 2.67 bits per heavy atom. The van der Waals surface area contributed by atoms with Crippen molar-refractivity contribution in [2.75, 3.05) is 18.9 Å². The zero-order chi connectivity index (χ0) is 13.7. The summed E-state index contributed by atoms with van der Waals surface area (Å²) in [7, 11) is 0. The third-order valence-electron chi connectivity index (χ3n) is 2.61. The molecule has 1 heterocycles. The van der Waals surface area contributed by atoms with E-state index >= 15 is 0 Å². The molecule has 1 rings (SSSR count). The minimum atomic E-state index is -0.340. The van der Waals surface area contributed by atoms with Crippen molar-refractivity contribution >= 4 is 11.7 Å². The van der Waals surface area contributed by atoms with Gasteiger partial charge in [0, 0.05) is 6.61 Å². The number of anilines is 1. The number of esters is 1. The van der Waals surface area contributed by atoms with Crippen LogP contribution >= 0.6 is 0 Å². The van der Waals surface area contributed by atoms with Gasteiger partial charge in [-0.05, 0) is 27.7 Å². The number of hydrogen-bond donors (Lipinski definition) is 1. The SMILES string of the molecule is CCOCC(C)OC(=O)Cn1nc(C)c(N)c1C. The molecule has 0 spiro atoms. The van der Waals surface area contributed by atoms with Gasteiger partial charge in [0.2, 0.25) is 0 Å². The van der Waals surface area contributed by atoms with Crippen LogP contribution in [0.1, 0.15) is 25.2 Å². The predicted octanol–water partition coefficient (Wildman–Crippen LogP) is 1.05. The van der Waals surface area contributed by atoms with E-state index in [1.165, 1.54) is 0 Å². The van der Waals surface area contributed by atoms with Crippen LogP contribution in [0.3, 0.4) is 0 Å². The largest absolute Gasteiger partial charge is 0.459 e. The fourth-order valence-corrected chi connectivity index (χ4v) is 1.57. The third-order valence-corrected chi connectivity index (χ3v) is 2.61. The van der Waals surface area contributed by atoms with Gasteiger partial charge in [0.05, 0.1) is 23.7 Å². The van der Waals surface area contributed by atoms with Crippen LogP contribution in [0.25, 0.3) is 0 Å². The molecular weight excluding hydrogens is 234 g/mol. The highest BCUT2D eigenvalue weighted by atomic mass is 16.6. The summed E-state index contributed by atoms with van der Waals surface area (Å²) in [6, 6.07) is 0. The standard InChI is InChI=1S/C12H21N3O3/c1-5-17-7-8(2)18-11(16)6-15-10(4)12(13)9(3)14-15/h8H,5-7,13H2,1-4H3. The molecule has 0 saturated heterocycles. The first-order valence-electron chi connectivity index (χ1n) is 6.02. The lowest BCUT2D eigenvalue weighted by atomic mass is 10.3. The summed E-state index contributed by atoms with van der Waals surface area (Å²) in [4.78, 5) is 11.7. The van der Waals surface area contributed by atoms with E-state index in [0.29, 0.717) is 18.9 Å². The normalized spacial score (nSPS) is 12.4. The highest BCUT2D eigenvalue weighted by Gasteiger charge is 2.14. The van der Waals surface area contributed by atoms with E-state index in [1.54, 1.807) is 11.6 Å². The van der Waals surface area contributed by atoms with E-state index in [-0.39, 0.29) is 18.6 Å². The van der Waals surface area contributed by atoms with Crippen LogP contribution in [0.15, 0.2) is 0 Å². The second-order valence-corrected chi connectivity index (χ2v) is 4.20. The summed E-state index contributed by atoms with van der Waals surface area (Å²) in [5.41, 5.74) is 7.91. The van der Waals surface area contributed by atoms with Crippen molar-refractivity contribution in [3.8, 4) is 0 Å². The molecule has 102 valence electrons. The average molecular weight is 255 g/mol. The zero-order valence-electron chi connectivity index (χ0n) is 11.4. The van der Waals surface area contributed by atoms with Gasteiger partial charge in [0.15, 0.2) is 0 Å². The van der Waals surface area contributed by atoms with Crippen LogP contribution in [0.4, 0.5) is 5.69 Å². The van der Waals surface area contributed by atoms with Crippen LogP contribution in [-0.2, 0) is 20.8 Å². The van der Waals surface area contributed by atoms with Crippen molar-refractivity contribution in [3.63, 3.8) is 0 Å². The number of carbonyl (C=O) groups excluding carboxylic acids is 1. The summed E-state index contributed by atoms with van der Waals surface area (Å²) >= 11 is 0. The monoisotopic (exact) mass is 255 g/mol. The van der Waals surface area contributed by atoms with E-state index in [1.807, 2.05) is 20.8 Å². The predicted molar refractivity (Wildman–Crippen MR) is 68.2 cm³/mol. The molecule has 6 nitrogen and oxygen atoms in total. The van der Waals surface area contributed by atoms with Crippen molar-refractivity contribution in [2.24, 2.45) is 0 Å². The first-order valence-corrected chi connectivity index (χ1v) is 6.02. The van der Waals surface area contributed by atoms with Crippen LogP contribution in [0.5, 0.6) is 0 Å². The second kappa shape index (κ2) is 6.39. The number of hydrogen-bond acceptors (Lipinski definition) is 5. The van der Waals surface area contributed by atoms with Crippen molar-refractivity contribution in [3.05, 3.63) is 11.4 Å². The number of rotatable bonds is 6. The molecule has 0 saturated carbocycles.